The number of carbonyl (C=O) groups is 1. The molecule has 0 saturated heterocycles. The Morgan fingerprint density at radius 3 is 2.59 bits per heavy atom. The Kier molecular flexibility index (Phi) is 5.01. The molecule has 0 bridgehead atoms. The fraction of sp³-hybridized carbons (Fsp3) is 0.214. The topological polar surface area (TPSA) is 43.4 Å². The molecule has 1 aromatic rings. The molecule has 1 aromatic carbocycles. The lowest BCUT2D eigenvalue weighted by Crippen LogP contribution is -2.41. The third kappa shape index (κ3) is 4.55. The summed E-state index contributed by atoms with van der Waals surface area (Å²) >= 11 is 0. The van der Waals surface area contributed by atoms with Gasteiger partial charge in [0.1, 0.15) is 6.09 Å². The molecule has 0 aliphatic heterocycles. The molecule has 0 radical (unpaired) electrons. The first-order valence-corrected chi connectivity index (χ1v) is 5.44. The van der Waals surface area contributed by atoms with Crippen molar-refractivity contribution in [3.05, 3.63) is 60.2 Å². The zero-order valence-electron chi connectivity index (χ0n) is 9.93. The van der Waals surface area contributed by atoms with Crippen LogP contribution in [0.1, 0.15) is 12.5 Å². The molecule has 0 atom stereocenters. The number of amides is 1. The largest absolute Gasteiger partial charge is 0.530 e. The van der Waals surface area contributed by atoms with Gasteiger partial charge in [0.2, 0.25) is 0 Å². The van der Waals surface area contributed by atoms with Gasteiger partial charge in [-0.05, 0) is 18.1 Å². The van der Waals surface area contributed by atoms with Crippen LogP contribution in [0.2, 0.25) is 0 Å². The number of rotatable bonds is 5. The van der Waals surface area contributed by atoms with Crippen molar-refractivity contribution in [2.24, 2.45) is 0 Å². The summed E-state index contributed by atoms with van der Waals surface area (Å²) in [6, 6.07) is 9.42. The highest BCUT2D eigenvalue weighted by molar-refractivity contribution is 5.63. The zero-order valence-corrected chi connectivity index (χ0v) is 9.93. The van der Waals surface area contributed by atoms with Crippen LogP contribution in [0.25, 0.3) is 0 Å². The Labute approximate surface area is 102 Å². The second kappa shape index (κ2) is 6.53. The quantitative estimate of drug-likeness (QED) is 0.726. The lowest BCUT2D eigenvalue weighted by atomic mass is 10.2. The molecule has 0 fully saturated rings. The van der Waals surface area contributed by atoms with Gasteiger partial charge in [-0.1, -0.05) is 49.1 Å². The van der Waals surface area contributed by atoms with Gasteiger partial charge in [0.25, 0.3) is 0 Å². The van der Waals surface area contributed by atoms with E-state index in [1.165, 1.54) is 4.90 Å². The normalized spacial score (nSPS) is 10.4. The van der Waals surface area contributed by atoms with Gasteiger partial charge >= 0.3 is 0 Å². The lowest BCUT2D eigenvalue weighted by molar-refractivity contribution is -0.265. The van der Waals surface area contributed by atoms with Crippen LogP contribution in [0.5, 0.6) is 0 Å². The van der Waals surface area contributed by atoms with Crippen LogP contribution in [0.3, 0.4) is 0 Å². The first kappa shape index (κ1) is 13.0. The maximum atomic E-state index is 11.0. The third-order valence-electron chi connectivity index (χ3n) is 2.27. The second-order valence-electron chi connectivity index (χ2n) is 3.77. The Morgan fingerprint density at radius 1 is 1.41 bits per heavy atom. The minimum atomic E-state index is -1.18. The van der Waals surface area contributed by atoms with E-state index in [4.69, 9.17) is 0 Å². The second-order valence-corrected chi connectivity index (χ2v) is 3.77. The van der Waals surface area contributed by atoms with Gasteiger partial charge in [0.05, 0.1) is 0 Å². The number of benzene rings is 1. The van der Waals surface area contributed by atoms with Crippen LogP contribution in [-0.2, 0) is 6.54 Å². The summed E-state index contributed by atoms with van der Waals surface area (Å²) in [6.45, 7) is 6.24. The Hall–Kier alpha value is -2.03. The van der Waals surface area contributed by atoms with Crippen molar-refractivity contribution in [2.75, 3.05) is 6.54 Å². The Morgan fingerprint density at radius 2 is 2.06 bits per heavy atom. The van der Waals surface area contributed by atoms with Gasteiger partial charge in [-0.15, -0.1) is 0 Å². The monoisotopic (exact) mass is 230 g/mol. The van der Waals surface area contributed by atoms with Gasteiger partial charge in [-0.2, -0.15) is 0 Å². The van der Waals surface area contributed by atoms with E-state index in [-0.39, 0.29) is 6.54 Å². The van der Waals surface area contributed by atoms with E-state index in [0.29, 0.717) is 6.54 Å². The van der Waals surface area contributed by atoms with E-state index >= 15 is 0 Å². The average molecular weight is 230 g/mol. The number of hydrogen-bond donors (Lipinski definition) is 0. The SMILES string of the molecule is C=C(/C=C\C)CN(Cc1ccccc1)C(=O)[O-]. The molecule has 90 valence electrons. The molecule has 3 heteroatoms. The van der Waals surface area contributed by atoms with Gasteiger partial charge in [0, 0.05) is 13.1 Å². The summed E-state index contributed by atoms with van der Waals surface area (Å²) in [5.74, 6) is 0. The van der Waals surface area contributed by atoms with E-state index in [1.54, 1.807) is 6.08 Å². The van der Waals surface area contributed by atoms with Crippen LogP contribution in [0.15, 0.2) is 54.6 Å². The van der Waals surface area contributed by atoms with Crippen molar-refractivity contribution >= 4 is 6.09 Å². The molecule has 0 aromatic heterocycles. The van der Waals surface area contributed by atoms with Crippen molar-refractivity contribution in [1.82, 2.24) is 4.90 Å². The highest BCUT2D eigenvalue weighted by Gasteiger charge is 2.05. The molecule has 0 aliphatic rings. The summed E-state index contributed by atoms with van der Waals surface area (Å²) in [5, 5.41) is 11.0. The van der Waals surface area contributed by atoms with Crippen molar-refractivity contribution < 1.29 is 9.90 Å². The van der Waals surface area contributed by atoms with E-state index < -0.39 is 6.09 Å². The van der Waals surface area contributed by atoms with Crippen molar-refractivity contribution in [3.63, 3.8) is 0 Å². The first-order valence-electron chi connectivity index (χ1n) is 5.44. The minimum Gasteiger partial charge on any atom is -0.530 e. The number of carboxylic acid groups (broad SMARTS) is 1. The highest BCUT2D eigenvalue weighted by atomic mass is 16.4. The molecule has 0 unspecified atom stereocenters. The molecule has 0 saturated carbocycles. The standard InChI is InChI=1S/C14H17NO2/c1-3-7-12(2)10-15(14(16)17)11-13-8-5-4-6-9-13/h3-9H,2,10-11H2,1H3,(H,16,17)/p-1/b7-3-. The highest BCUT2D eigenvalue weighted by Crippen LogP contribution is 2.06. The number of hydrogen-bond acceptors (Lipinski definition) is 2. The fourth-order valence-electron chi connectivity index (χ4n) is 1.52. The van der Waals surface area contributed by atoms with E-state index in [1.807, 2.05) is 43.3 Å². The summed E-state index contributed by atoms with van der Waals surface area (Å²) in [6.07, 6.45) is 2.44. The molecule has 3 nitrogen and oxygen atoms in total. The molecule has 1 amide bonds. The number of carbonyl (C=O) groups excluding carboxylic acids is 1. The molecule has 0 heterocycles. The lowest BCUT2D eigenvalue weighted by Gasteiger charge is -2.25. The summed E-state index contributed by atoms with van der Waals surface area (Å²) in [5.41, 5.74) is 1.68. The molecular formula is C14H16NO2-. The van der Waals surface area contributed by atoms with Crippen LogP contribution >= 0.6 is 0 Å². The molecule has 17 heavy (non-hydrogen) atoms. The minimum absolute atomic E-state index is 0.265. The van der Waals surface area contributed by atoms with Crippen LogP contribution < -0.4 is 5.11 Å². The third-order valence-corrected chi connectivity index (χ3v) is 2.27. The zero-order chi connectivity index (χ0) is 12.7. The Balaban J connectivity index is 2.67. The van der Waals surface area contributed by atoms with Gasteiger partial charge in [0.15, 0.2) is 0 Å². The predicted molar refractivity (Wildman–Crippen MR) is 66.2 cm³/mol. The summed E-state index contributed by atoms with van der Waals surface area (Å²) in [4.78, 5) is 12.2. The molecule has 0 N–H and O–H groups in total. The number of nitrogens with zero attached hydrogens (tertiary/aromatic N) is 1. The molecule has 0 spiro atoms. The number of allylic oxidation sites excluding steroid dienone is 1. The first-order chi connectivity index (χ1) is 8.13. The van der Waals surface area contributed by atoms with Crippen LogP contribution in [-0.4, -0.2) is 17.5 Å². The van der Waals surface area contributed by atoms with E-state index in [9.17, 15) is 9.90 Å². The van der Waals surface area contributed by atoms with E-state index in [0.717, 1.165) is 11.1 Å². The van der Waals surface area contributed by atoms with Gasteiger partial charge < -0.3 is 14.8 Å². The van der Waals surface area contributed by atoms with Gasteiger partial charge in [-0.25, -0.2) is 0 Å². The smallest absolute Gasteiger partial charge is 0.137 e. The predicted octanol–water partition coefficient (Wildman–Crippen LogP) is 1.96. The summed E-state index contributed by atoms with van der Waals surface area (Å²) < 4.78 is 0. The van der Waals surface area contributed by atoms with Crippen LogP contribution in [0.4, 0.5) is 4.79 Å². The van der Waals surface area contributed by atoms with Gasteiger partial charge in [-0.3, -0.25) is 0 Å². The van der Waals surface area contributed by atoms with Crippen molar-refractivity contribution in [1.29, 1.82) is 0 Å². The average Bonchev–Trinajstić information content (AvgIpc) is 2.29. The molecule has 1 rings (SSSR count). The molecule has 0 aliphatic carbocycles. The maximum Gasteiger partial charge on any atom is 0.137 e. The fourth-order valence-corrected chi connectivity index (χ4v) is 1.52. The Bertz CT molecular complexity index is 409. The van der Waals surface area contributed by atoms with E-state index in [2.05, 4.69) is 6.58 Å². The van der Waals surface area contributed by atoms with Crippen LogP contribution in [0, 0.1) is 0 Å². The summed E-state index contributed by atoms with van der Waals surface area (Å²) in [7, 11) is 0. The van der Waals surface area contributed by atoms with Crippen molar-refractivity contribution in [2.45, 2.75) is 13.5 Å². The molecular weight excluding hydrogens is 214 g/mol. The van der Waals surface area contributed by atoms with Crippen molar-refractivity contribution in [3.8, 4) is 0 Å². The maximum absolute atomic E-state index is 11.0.